The van der Waals surface area contributed by atoms with Crippen LogP contribution >= 0.6 is 11.8 Å². The van der Waals surface area contributed by atoms with Crippen molar-refractivity contribution in [3.05, 3.63) is 129 Å². The quantitative estimate of drug-likeness (QED) is 0.405. The highest BCUT2D eigenvalue weighted by atomic mass is 32.2. The monoisotopic (exact) mass is 446 g/mol. The Hall–Kier alpha value is -3.30. The van der Waals surface area contributed by atoms with Crippen molar-refractivity contribution in [2.24, 2.45) is 4.99 Å². The van der Waals surface area contributed by atoms with E-state index in [1.807, 2.05) is 0 Å². The molecule has 162 valence electrons. The van der Waals surface area contributed by atoms with Crippen LogP contribution in [0.5, 0.6) is 0 Å². The van der Waals surface area contributed by atoms with E-state index in [1.165, 1.54) is 44.8 Å². The molecule has 0 radical (unpaired) electrons. The average Bonchev–Trinajstić information content (AvgIpc) is 3.28. The van der Waals surface area contributed by atoms with Crippen molar-refractivity contribution in [2.45, 2.75) is 32.2 Å². The topological polar surface area (TPSA) is 15.6 Å². The van der Waals surface area contributed by atoms with Crippen LogP contribution in [0.25, 0.3) is 11.8 Å². The van der Waals surface area contributed by atoms with Gasteiger partial charge in [0.2, 0.25) is 0 Å². The first-order valence-electron chi connectivity index (χ1n) is 11.6. The number of thioether (sulfide) groups is 1. The number of benzene rings is 3. The van der Waals surface area contributed by atoms with Crippen molar-refractivity contribution in [3.63, 3.8) is 0 Å². The lowest BCUT2D eigenvalue weighted by Crippen LogP contribution is -2.34. The number of rotatable bonds is 3. The number of aryl methyl sites for hydroxylation is 1. The van der Waals surface area contributed by atoms with Crippen LogP contribution < -0.4 is 0 Å². The highest BCUT2D eigenvalue weighted by molar-refractivity contribution is 8.16. The summed E-state index contributed by atoms with van der Waals surface area (Å²) in [5.41, 5.74) is 10.4. The van der Waals surface area contributed by atoms with Crippen LogP contribution in [0.1, 0.15) is 47.6 Å². The molecule has 2 aliphatic heterocycles. The van der Waals surface area contributed by atoms with E-state index in [4.69, 9.17) is 4.99 Å². The molecule has 2 nitrogen and oxygen atoms in total. The number of fused-ring (bicyclic) bond motifs is 1. The van der Waals surface area contributed by atoms with Crippen molar-refractivity contribution in [2.75, 3.05) is 0 Å². The number of nitrogens with zero attached hydrogens (tertiary/aromatic N) is 2. The Morgan fingerprint density at radius 3 is 2.36 bits per heavy atom. The van der Waals surface area contributed by atoms with Crippen LogP contribution in [0, 0.1) is 6.92 Å². The van der Waals surface area contributed by atoms with Gasteiger partial charge in [-0.25, -0.2) is 4.99 Å². The van der Waals surface area contributed by atoms with Crippen molar-refractivity contribution in [3.8, 4) is 0 Å². The second kappa shape index (κ2) is 8.57. The maximum atomic E-state index is 5.28. The van der Waals surface area contributed by atoms with Gasteiger partial charge in [-0.2, -0.15) is 0 Å². The molecular weight excluding hydrogens is 420 g/mol. The second-order valence-corrected chi connectivity index (χ2v) is 9.71. The first kappa shape index (κ1) is 20.3. The van der Waals surface area contributed by atoms with E-state index < -0.39 is 0 Å². The van der Waals surface area contributed by atoms with Crippen molar-refractivity contribution < 1.29 is 0 Å². The first-order valence-corrected chi connectivity index (χ1v) is 12.5. The molecule has 3 aromatic carbocycles. The van der Waals surface area contributed by atoms with Gasteiger partial charge in [-0.1, -0.05) is 102 Å². The molecule has 0 N–H and O–H groups in total. The molecule has 0 spiro atoms. The van der Waals surface area contributed by atoms with Gasteiger partial charge in [0.05, 0.1) is 17.4 Å². The van der Waals surface area contributed by atoms with Crippen LogP contribution in [-0.4, -0.2) is 10.1 Å². The van der Waals surface area contributed by atoms with E-state index in [9.17, 15) is 0 Å². The van der Waals surface area contributed by atoms with E-state index in [2.05, 4.69) is 108 Å². The molecule has 0 saturated heterocycles. The van der Waals surface area contributed by atoms with Crippen molar-refractivity contribution in [1.82, 2.24) is 4.90 Å². The van der Waals surface area contributed by atoms with Crippen LogP contribution in [0.3, 0.4) is 0 Å². The molecule has 0 bridgehead atoms. The maximum absolute atomic E-state index is 5.28. The van der Waals surface area contributed by atoms with E-state index in [0.29, 0.717) is 0 Å². The van der Waals surface area contributed by atoms with Gasteiger partial charge in [-0.3, -0.25) is 0 Å². The zero-order valence-electron chi connectivity index (χ0n) is 18.7. The minimum absolute atomic E-state index is 0.177. The summed E-state index contributed by atoms with van der Waals surface area (Å²) >= 11 is 1.75. The molecule has 1 aliphatic carbocycles. The number of aliphatic imine (C=N–C) groups is 1. The molecule has 0 fully saturated rings. The Balaban J connectivity index is 1.49. The van der Waals surface area contributed by atoms with Gasteiger partial charge in [0, 0.05) is 5.41 Å². The Morgan fingerprint density at radius 2 is 1.61 bits per heavy atom. The van der Waals surface area contributed by atoms with Crippen molar-refractivity contribution in [1.29, 1.82) is 0 Å². The number of allylic oxidation sites excluding steroid dienone is 1. The van der Waals surface area contributed by atoms with Crippen LogP contribution in [0.2, 0.25) is 0 Å². The van der Waals surface area contributed by atoms with Gasteiger partial charge in [0.15, 0.2) is 5.17 Å². The number of hydrogen-bond acceptors (Lipinski definition) is 3. The molecule has 0 aromatic heterocycles. The molecule has 2 heterocycles. The summed E-state index contributed by atoms with van der Waals surface area (Å²) in [6.07, 6.45) is 5.66. The van der Waals surface area contributed by atoms with Gasteiger partial charge in [-0.05, 0) is 60.1 Å². The summed E-state index contributed by atoms with van der Waals surface area (Å²) in [4.78, 5) is 7.74. The van der Waals surface area contributed by atoms with Gasteiger partial charge in [0.1, 0.15) is 0 Å². The highest BCUT2D eigenvalue weighted by Gasteiger charge is 2.40. The minimum Gasteiger partial charge on any atom is -0.308 e. The maximum Gasteiger partial charge on any atom is 0.174 e. The summed E-state index contributed by atoms with van der Waals surface area (Å²) in [5.74, 6) is 0. The lowest BCUT2D eigenvalue weighted by atomic mass is 9.83. The van der Waals surface area contributed by atoms with Crippen LogP contribution in [0.4, 0.5) is 0 Å². The fourth-order valence-corrected chi connectivity index (χ4v) is 5.96. The Labute approximate surface area is 200 Å². The molecule has 3 aromatic rings. The molecule has 3 aliphatic rings. The summed E-state index contributed by atoms with van der Waals surface area (Å²) < 4.78 is 0. The highest BCUT2D eigenvalue weighted by Crippen LogP contribution is 2.51. The fraction of sp³-hybridized carbons (Fsp3) is 0.167. The lowest BCUT2D eigenvalue weighted by Gasteiger charge is -2.40. The summed E-state index contributed by atoms with van der Waals surface area (Å²) in [6.45, 7) is 2.14. The largest absolute Gasteiger partial charge is 0.308 e. The van der Waals surface area contributed by atoms with E-state index >= 15 is 0 Å². The molecule has 0 saturated carbocycles. The fourth-order valence-electron chi connectivity index (χ4n) is 5.04. The normalized spacial score (nSPS) is 20.9. The standard InChI is InChI=1S/C30H26N2S/c1-21-15-17-23(18-16-21)27-20-33-30-31-28-25(19-22-9-4-2-5-10-22)13-8-14-26(28)29(32(27)30)24-11-6-3-7-12-24/h2-7,9-12,15-20,29H,8,13-14H2,1H3/b25-19-/t29-/m1/s1. The van der Waals surface area contributed by atoms with Gasteiger partial charge < -0.3 is 4.90 Å². The Kier molecular flexibility index (Phi) is 5.27. The number of amidine groups is 1. The molecule has 6 rings (SSSR count). The molecule has 1 atom stereocenters. The molecule has 0 unspecified atom stereocenters. The van der Waals surface area contributed by atoms with Gasteiger partial charge in [0.25, 0.3) is 0 Å². The molecule has 33 heavy (non-hydrogen) atoms. The predicted molar refractivity (Wildman–Crippen MR) is 140 cm³/mol. The summed E-state index contributed by atoms with van der Waals surface area (Å²) in [6, 6.07) is 30.6. The first-order chi connectivity index (χ1) is 16.3. The smallest absolute Gasteiger partial charge is 0.174 e. The van der Waals surface area contributed by atoms with Crippen molar-refractivity contribution >= 4 is 28.7 Å². The third-order valence-electron chi connectivity index (χ3n) is 6.64. The van der Waals surface area contributed by atoms with Crippen LogP contribution in [0.15, 0.2) is 112 Å². The summed E-state index contributed by atoms with van der Waals surface area (Å²) in [7, 11) is 0. The van der Waals surface area contributed by atoms with Gasteiger partial charge >= 0.3 is 0 Å². The zero-order valence-corrected chi connectivity index (χ0v) is 19.6. The third kappa shape index (κ3) is 3.77. The lowest BCUT2D eigenvalue weighted by molar-refractivity contribution is 0.458. The van der Waals surface area contributed by atoms with E-state index in [1.54, 1.807) is 11.8 Å². The zero-order chi connectivity index (χ0) is 22.2. The number of hydrogen-bond donors (Lipinski definition) is 0. The third-order valence-corrected chi connectivity index (χ3v) is 7.48. The Morgan fingerprint density at radius 1 is 0.879 bits per heavy atom. The predicted octanol–water partition coefficient (Wildman–Crippen LogP) is 7.97. The van der Waals surface area contributed by atoms with Crippen LogP contribution in [-0.2, 0) is 0 Å². The summed E-state index contributed by atoms with van der Waals surface area (Å²) in [5, 5.41) is 3.36. The molecule has 0 amide bonds. The minimum atomic E-state index is 0.177. The molecule has 3 heteroatoms. The Bertz CT molecular complexity index is 1300. The van der Waals surface area contributed by atoms with Gasteiger partial charge in [-0.15, -0.1) is 0 Å². The second-order valence-electron chi connectivity index (χ2n) is 8.87. The average molecular weight is 447 g/mol. The van der Waals surface area contributed by atoms with E-state index in [-0.39, 0.29) is 6.04 Å². The molecular formula is C30H26N2S. The van der Waals surface area contributed by atoms with E-state index in [0.717, 1.165) is 24.4 Å². The SMILES string of the molecule is Cc1ccc(C2=CSC3=NC4=C(CCC/C4=C/c4ccccc4)[C@@H](c4ccccc4)N23)cc1.